The smallest absolute Gasteiger partial charge is 0.217 e. The Hall–Kier alpha value is -0.420. The van der Waals surface area contributed by atoms with E-state index < -0.39 is 0 Å². The highest BCUT2D eigenvalue weighted by atomic mass is 79.9. The molecule has 1 aromatic rings. The largest absolute Gasteiger partial charge is 0.318 e. The van der Waals surface area contributed by atoms with Gasteiger partial charge in [-0.1, -0.05) is 0 Å². The third-order valence-electron chi connectivity index (χ3n) is 1.10. The summed E-state index contributed by atoms with van der Waals surface area (Å²) in [4.78, 5) is 3.91. The zero-order valence-electron chi connectivity index (χ0n) is 5.71. The molecule has 0 aromatic carbocycles. The van der Waals surface area contributed by atoms with E-state index in [4.69, 9.17) is 0 Å². The van der Waals surface area contributed by atoms with Crippen LogP contribution in [0, 0.1) is 0 Å². The Morgan fingerprint density at radius 3 is 3.10 bits per heavy atom. The Morgan fingerprint density at radius 2 is 2.60 bits per heavy atom. The van der Waals surface area contributed by atoms with Crippen molar-refractivity contribution in [3.63, 3.8) is 0 Å². The van der Waals surface area contributed by atoms with Crippen LogP contribution in [0.2, 0.25) is 0 Å². The van der Waals surface area contributed by atoms with E-state index in [9.17, 15) is 0 Å². The number of aromatic nitrogens is 3. The maximum Gasteiger partial charge on any atom is 0.217 e. The molecular formula is C5H9BrN4. The summed E-state index contributed by atoms with van der Waals surface area (Å²) in [6.07, 6.45) is 1.70. The molecule has 0 spiro atoms. The van der Waals surface area contributed by atoms with Crippen LogP contribution in [0.15, 0.2) is 11.1 Å². The van der Waals surface area contributed by atoms with E-state index >= 15 is 0 Å². The fraction of sp³-hybridized carbons (Fsp3) is 0.600. The van der Waals surface area contributed by atoms with Gasteiger partial charge in [0, 0.05) is 6.54 Å². The fourth-order valence-electron chi connectivity index (χ4n) is 0.606. The molecule has 0 aliphatic heterocycles. The summed E-state index contributed by atoms with van der Waals surface area (Å²) >= 11 is 3.16. The Balaban J connectivity index is 2.42. The van der Waals surface area contributed by atoms with Gasteiger partial charge in [0.25, 0.3) is 0 Å². The minimum atomic E-state index is 0.642. The molecule has 1 aromatic heterocycles. The summed E-state index contributed by atoms with van der Waals surface area (Å²) < 4.78 is 2.42. The molecule has 4 nitrogen and oxygen atoms in total. The van der Waals surface area contributed by atoms with Gasteiger partial charge in [0.1, 0.15) is 6.33 Å². The van der Waals surface area contributed by atoms with Crippen LogP contribution >= 0.6 is 15.9 Å². The second-order valence-corrected chi connectivity index (χ2v) is 2.59. The summed E-state index contributed by atoms with van der Waals surface area (Å²) in [5.74, 6) is 0. The average Bonchev–Trinajstić information content (AvgIpc) is 2.31. The molecule has 0 bridgehead atoms. The molecule has 0 aliphatic carbocycles. The predicted octanol–water partition coefficient (Wildman–Crippen LogP) is 0.260. The second-order valence-electron chi connectivity index (χ2n) is 1.88. The van der Waals surface area contributed by atoms with Crippen molar-refractivity contribution in [2.45, 2.75) is 6.54 Å². The highest BCUT2D eigenvalue weighted by Crippen LogP contribution is 1.97. The van der Waals surface area contributed by atoms with Crippen molar-refractivity contribution in [3.05, 3.63) is 11.1 Å². The van der Waals surface area contributed by atoms with Crippen LogP contribution in [0.1, 0.15) is 0 Å². The van der Waals surface area contributed by atoms with Gasteiger partial charge in [-0.2, -0.15) is 0 Å². The van der Waals surface area contributed by atoms with Crippen LogP contribution in [-0.4, -0.2) is 28.4 Å². The van der Waals surface area contributed by atoms with Crippen LogP contribution < -0.4 is 5.32 Å². The van der Waals surface area contributed by atoms with Crippen molar-refractivity contribution in [1.29, 1.82) is 0 Å². The van der Waals surface area contributed by atoms with E-state index in [2.05, 4.69) is 31.3 Å². The van der Waals surface area contributed by atoms with E-state index in [0.717, 1.165) is 13.1 Å². The number of hydrogen-bond acceptors (Lipinski definition) is 3. The van der Waals surface area contributed by atoms with Crippen molar-refractivity contribution in [1.82, 2.24) is 20.1 Å². The van der Waals surface area contributed by atoms with E-state index in [1.807, 2.05) is 7.05 Å². The van der Waals surface area contributed by atoms with Crippen molar-refractivity contribution in [3.8, 4) is 0 Å². The topological polar surface area (TPSA) is 42.7 Å². The molecule has 0 amide bonds. The van der Waals surface area contributed by atoms with Crippen LogP contribution in [0.25, 0.3) is 0 Å². The van der Waals surface area contributed by atoms with Gasteiger partial charge >= 0.3 is 0 Å². The Morgan fingerprint density at radius 1 is 1.80 bits per heavy atom. The molecule has 0 saturated heterocycles. The number of hydrogen-bond donors (Lipinski definition) is 1. The molecule has 1 rings (SSSR count). The molecule has 5 heteroatoms. The zero-order chi connectivity index (χ0) is 7.40. The first kappa shape index (κ1) is 7.68. The molecule has 0 radical (unpaired) electrons. The van der Waals surface area contributed by atoms with Crippen LogP contribution in [0.4, 0.5) is 0 Å². The van der Waals surface area contributed by atoms with Gasteiger partial charge in [-0.05, 0) is 23.0 Å². The normalized spacial score (nSPS) is 10.2. The third-order valence-corrected chi connectivity index (χ3v) is 1.46. The van der Waals surface area contributed by atoms with Crippen molar-refractivity contribution >= 4 is 15.9 Å². The minimum absolute atomic E-state index is 0.642. The second kappa shape index (κ2) is 3.68. The van der Waals surface area contributed by atoms with Crippen LogP contribution in [0.3, 0.4) is 0 Å². The molecule has 1 N–H and O–H groups in total. The first-order chi connectivity index (χ1) is 4.83. The number of rotatable bonds is 3. The van der Waals surface area contributed by atoms with E-state index in [-0.39, 0.29) is 0 Å². The highest BCUT2D eigenvalue weighted by Gasteiger charge is 1.93. The molecule has 1 heterocycles. The Labute approximate surface area is 67.8 Å². The van der Waals surface area contributed by atoms with Gasteiger partial charge in [-0.25, -0.2) is 4.98 Å². The van der Waals surface area contributed by atoms with Gasteiger partial charge in [0.05, 0.1) is 6.54 Å². The molecule has 56 valence electrons. The first-order valence-corrected chi connectivity index (χ1v) is 3.82. The first-order valence-electron chi connectivity index (χ1n) is 3.02. The van der Waals surface area contributed by atoms with Crippen molar-refractivity contribution in [2.24, 2.45) is 0 Å². The number of nitrogens with one attached hydrogen (secondary N) is 1. The fourth-order valence-corrected chi connectivity index (χ4v) is 0.901. The zero-order valence-corrected chi connectivity index (χ0v) is 7.30. The van der Waals surface area contributed by atoms with Gasteiger partial charge in [-0.15, -0.1) is 5.10 Å². The average molecular weight is 205 g/mol. The van der Waals surface area contributed by atoms with E-state index in [1.165, 1.54) is 0 Å². The van der Waals surface area contributed by atoms with E-state index in [0.29, 0.717) is 4.73 Å². The van der Waals surface area contributed by atoms with Gasteiger partial charge in [0.15, 0.2) is 0 Å². The SMILES string of the molecule is CNCCn1cnc(Br)n1. The summed E-state index contributed by atoms with van der Waals surface area (Å²) in [5, 5.41) is 7.05. The van der Waals surface area contributed by atoms with Crippen LogP contribution in [-0.2, 0) is 6.54 Å². The summed E-state index contributed by atoms with van der Waals surface area (Å²) in [7, 11) is 1.91. The Kier molecular flexibility index (Phi) is 2.82. The molecule has 0 fully saturated rings. The minimum Gasteiger partial charge on any atom is -0.318 e. The van der Waals surface area contributed by atoms with Gasteiger partial charge < -0.3 is 5.32 Å². The third kappa shape index (κ3) is 2.07. The molecule has 0 saturated carbocycles. The highest BCUT2D eigenvalue weighted by molar-refractivity contribution is 9.10. The lowest BCUT2D eigenvalue weighted by Crippen LogP contribution is -2.15. The maximum atomic E-state index is 4.03. The lowest BCUT2D eigenvalue weighted by Gasteiger charge is -1.96. The monoisotopic (exact) mass is 204 g/mol. The lowest BCUT2D eigenvalue weighted by molar-refractivity contribution is 0.581. The quantitative estimate of drug-likeness (QED) is 0.769. The molecule has 0 aliphatic rings. The van der Waals surface area contributed by atoms with Gasteiger partial charge in [0.2, 0.25) is 4.73 Å². The Bertz CT molecular complexity index is 197. The number of halogens is 1. The molecule has 0 atom stereocenters. The lowest BCUT2D eigenvalue weighted by atomic mass is 10.6. The maximum absolute atomic E-state index is 4.03. The number of nitrogens with zero attached hydrogens (tertiary/aromatic N) is 3. The van der Waals surface area contributed by atoms with Crippen molar-refractivity contribution in [2.75, 3.05) is 13.6 Å². The summed E-state index contributed by atoms with van der Waals surface area (Å²) in [6, 6.07) is 0. The van der Waals surface area contributed by atoms with E-state index in [1.54, 1.807) is 11.0 Å². The molecule has 10 heavy (non-hydrogen) atoms. The van der Waals surface area contributed by atoms with Crippen LogP contribution in [0.5, 0.6) is 0 Å². The summed E-state index contributed by atoms with van der Waals surface area (Å²) in [6.45, 7) is 1.77. The molecule has 0 unspecified atom stereocenters. The standard InChI is InChI=1S/C5H9BrN4/c1-7-2-3-10-4-8-5(6)9-10/h4,7H,2-3H2,1H3. The van der Waals surface area contributed by atoms with Crippen molar-refractivity contribution < 1.29 is 0 Å². The summed E-state index contributed by atoms with van der Waals surface area (Å²) in [5.41, 5.74) is 0. The van der Waals surface area contributed by atoms with Gasteiger partial charge in [-0.3, -0.25) is 4.68 Å². The number of likely N-dealkylation sites (N-methyl/N-ethyl adjacent to an activating group) is 1. The predicted molar refractivity (Wildman–Crippen MR) is 41.6 cm³/mol. The molecular weight excluding hydrogens is 196 g/mol.